The summed E-state index contributed by atoms with van der Waals surface area (Å²) in [6.07, 6.45) is 0. The molecule has 0 unspecified atom stereocenters. The number of carbonyl (C=O) groups is 1. The third kappa shape index (κ3) is 6.25. The monoisotopic (exact) mass is 416 g/mol. The van der Waals surface area contributed by atoms with Crippen LogP contribution in [0, 0.1) is 11.3 Å². The molecule has 0 heterocycles. The van der Waals surface area contributed by atoms with E-state index in [0.717, 1.165) is 11.1 Å². The van der Waals surface area contributed by atoms with Crippen LogP contribution in [0.4, 0.5) is 0 Å². The summed E-state index contributed by atoms with van der Waals surface area (Å²) in [7, 11) is 3.30. The average Bonchev–Trinajstić information content (AvgIpc) is 2.82. The lowest BCUT2D eigenvalue weighted by Crippen LogP contribution is -2.30. The van der Waals surface area contributed by atoms with Crippen molar-refractivity contribution in [2.24, 2.45) is 0 Å². The second-order valence-electron chi connectivity index (χ2n) is 6.94. The maximum absolute atomic E-state index is 12.4. The number of amides is 1. The first-order valence-electron chi connectivity index (χ1n) is 9.79. The van der Waals surface area contributed by atoms with Crippen LogP contribution in [0.1, 0.15) is 16.7 Å². The van der Waals surface area contributed by atoms with E-state index in [4.69, 9.17) is 19.5 Å². The molecule has 1 amide bonds. The van der Waals surface area contributed by atoms with Crippen LogP contribution in [0.2, 0.25) is 0 Å². The zero-order chi connectivity index (χ0) is 22.1. The maximum Gasteiger partial charge on any atom is 0.260 e. The number of carbonyl (C=O) groups excluding carboxylic acids is 1. The molecule has 3 aromatic carbocycles. The van der Waals surface area contributed by atoms with Gasteiger partial charge in [-0.2, -0.15) is 5.26 Å². The summed E-state index contributed by atoms with van der Waals surface area (Å²) >= 11 is 0. The molecule has 31 heavy (non-hydrogen) atoms. The highest BCUT2D eigenvalue weighted by atomic mass is 16.5. The fraction of sp³-hybridized carbons (Fsp3) is 0.200. The van der Waals surface area contributed by atoms with Crippen LogP contribution < -0.4 is 14.2 Å². The Morgan fingerprint density at radius 3 is 2.48 bits per heavy atom. The summed E-state index contributed by atoms with van der Waals surface area (Å²) in [5, 5.41) is 8.95. The molecule has 0 bridgehead atoms. The van der Waals surface area contributed by atoms with Gasteiger partial charge in [0.25, 0.3) is 5.91 Å². The highest BCUT2D eigenvalue weighted by Gasteiger charge is 2.13. The molecule has 0 aliphatic heterocycles. The minimum Gasteiger partial charge on any atom is -0.493 e. The molecule has 0 radical (unpaired) electrons. The van der Waals surface area contributed by atoms with Gasteiger partial charge in [0.2, 0.25) is 0 Å². The van der Waals surface area contributed by atoms with E-state index in [1.165, 1.54) is 0 Å². The fourth-order valence-corrected chi connectivity index (χ4v) is 2.94. The van der Waals surface area contributed by atoms with Crippen molar-refractivity contribution in [2.75, 3.05) is 20.8 Å². The molecule has 0 saturated carbocycles. The molecular weight excluding hydrogens is 392 g/mol. The van der Waals surface area contributed by atoms with Gasteiger partial charge in [0.05, 0.1) is 18.7 Å². The van der Waals surface area contributed by atoms with Gasteiger partial charge in [-0.05, 0) is 41.5 Å². The van der Waals surface area contributed by atoms with Crippen LogP contribution in [0.5, 0.6) is 17.2 Å². The highest BCUT2D eigenvalue weighted by Crippen LogP contribution is 2.29. The number of benzene rings is 3. The SMILES string of the molecule is COc1cc(CN(C)C(=O)COc2cccc(C#N)c2)ccc1OCc1ccccc1. The number of likely N-dealkylation sites (N-methyl/N-ethyl adjacent to an activating group) is 1. The summed E-state index contributed by atoms with van der Waals surface area (Å²) in [5.74, 6) is 1.57. The van der Waals surface area contributed by atoms with Crippen LogP contribution in [-0.2, 0) is 17.9 Å². The second kappa shape index (κ2) is 10.7. The Hall–Kier alpha value is -3.98. The zero-order valence-electron chi connectivity index (χ0n) is 17.6. The van der Waals surface area contributed by atoms with Crippen LogP contribution in [0.15, 0.2) is 72.8 Å². The molecule has 0 aromatic heterocycles. The molecule has 0 N–H and O–H groups in total. The van der Waals surface area contributed by atoms with Crippen LogP contribution in [0.25, 0.3) is 0 Å². The summed E-state index contributed by atoms with van der Waals surface area (Å²) in [5.41, 5.74) is 2.46. The first-order valence-corrected chi connectivity index (χ1v) is 9.79. The van der Waals surface area contributed by atoms with Gasteiger partial charge < -0.3 is 19.1 Å². The number of methoxy groups -OCH3 is 1. The molecule has 158 valence electrons. The quantitative estimate of drug-likeness (QED) is 0.523. The predicted molar refractivity (Wildman–Crippen MR) is 117 cm³/mol. The summed E-state index contributed by atoms with van der Waals surface area (Å²) in [4.78, 5) is 14.0. The molecule has 3 rings (SSSR count). The van der Waals surface area contributed by atoms with Gasteiger partial charge in [0.15, 0.2) is 18.1 Å². The van der Waals surface area contributed by atoms with Crippen molar-refractivity contribution in [2.45, 2.75) is 13.2 Å². The molecule has 3 aromatic rings. The molecule has 0 atom stereocenters. The number of nitriles is 1. The number of nitrogens with zero attached hydrogens (tertiary/aromatic N) is 2. The van der Waals surface area contributed by atoms with E-state index in [-0.39, 0.29) is 12.5 Å². The van der Waals surface area contributed by atoms with E-state index in [1.54, 1.807) is 43.3 Å². The molecule has 6 nitrogen and oxygen atoms in total. The van der Waals surface area contributed by atoms with Gasteiger partial charge in [-0.25, -0.2) is 0 Å². The lowest BCUT2D eigenvalue weighted by Gasteiger charge is -2.19. The minimum atomic E-state index is -0.175. The van der Waals surface area contributed by atoms with E-state index in [2.05, 4.69) is 0 Å². The summed E-state index contributed by atoms with van der Waals surface area (Å²) in [6, 6.07) is 24.3. The van der Waals surface area contributed by atoms with Crippen molar-refractivity contribution in [1.29, 1.82) is 5.26 Å². The van der Waals surface area contributed by atoms with Crippen molar-refractivity contribution in [3.05, 3.63) is 89.5 Å². The number of ether oxygens (including phenoxy) is 3. The van der Waals surface area contributed by atoms with E-state index < -0.39 is 0 Å². The average molecular weight is 416 g/mol. The predicted octanol–water partition coefficient (Wildman–Crippen LogP) is 4.18. The Morgan fingerprint density at radius 2 is 1.74 bits per heavy atom. The third-order valence-corrected chi connectivity index (χ3v) is 4.64. The molecule has 0 fully saturated rings. The van der Waals surface area contributed by atoms with E-state index in [1.807, 2.05) is 54.6 Å². The van der Waals surface area contributed by atoms with Crippen molar-refractivity contribution < 1.29 is 19.0 Å². The first-order chi connectivity index (χ1) is 15.1. The molecular formula is C25H24N2O4. The smallest absolute Gasteiger partial charge is 0.260 e. The van der Waals surface area contributed by atoms with Crippen molar-refractivity contribution in [3.63, 3.8) is 0 Å². The van der Waals surface area contributed by atoms with Crippen molar-refractivity contribution in [3.8, 4) is 23.3 Å². The largest absolute Gasteiger partial charge is 0.493 e. The summed E-state index contributed by atoms with van der Waals surface area (Å²) in [6.45, 7) is 0.732. The Bertz CT molecular complexity index is 1060. The maximum atomic E-state index is 12.4. The van der Waals surface area contributed by atoms with Crippen LogP contribution in [0.3, 0.4) is 0 Å². The van der Waals surface area contributed by atoms with Gasteiger partial charge in [-0.1, -0.05) is 42.5 Å². The minimum absolute atomic E-state index is 0.110. The van der Waals surface area contributed by atoms with Gasteiger partial charge in [-0.15, -0.1) is 0 Å². The number of rotatable bonds is 9. The van der Waals surface area contributed by atoms with Crippen LogP contribution >= 0.6 is 0 Å². The van der Waals surface area contributed by atoms with E-state index in [0.29, 0.717) is 36.0 Å². The van der Waals surface area contributed by atoms with E-state index in [9.17, 15) is 4.79 Å². The van der Waals surface area contributed by atoms with Crippen molar-refractivity contribution in [1.82, 2.24) is 4.90 Å². The Balaban J connectivity index is 1.56. The van der Waals surface area contributed by atoms with E-state index >= 15 is 0 Å². The third-order valence-electron chi connectivity index (χ3n) is 4.64. The van der Waals surface area contributed by atoms with Gasteiger partial charge in [0, 0.05) is 13.6 Å². The Labute approximate surface area is 182 Å². The van der Waals surface area contributed by atoms with Gasteiger partial charge >= 0.3 is 0 Å². The zero-order valence-corrected chi connectivity index (χ0v) is 17.6. The lowest BCUT2D eigenvalue weighted by atomic mass is 10.2. The van der Waals surface area contributed by atoms with Crippen molar-refractivity contribution >= 4 is 5.91 Å². The molecule has 0 aliphatic rings. The Morgan fingerprint density at radius 1 is 0.935 bits per heavy atom. The molecule has 0 spiro atoms. The van der Waals surface area contributed by atoms with Gasteiger partial charge in [-0.3, -0.25) is 4.79 Å². The fourth-order valence-electron chi connectivity index (χ4n) is 2.94. The molecule has 0 aliphatic carbocycles. The number of hydrogen-bond acceptors (Lipinski definition) is 5. The normalized spacial score (nSPS) is 10.1. The molecule has 6 heteroatoms. The second-order valence-corrected chi connectivity index (χ2v) is 6.94. The summed E-state index contributed by atoms with van der Waals surface area (Å²) < 4.78 is 16.9. The standard InChI is InChI=1S/C25H24N2O4/c1-27(25(28)18-30-22-10-6-9-20(13-22)15-26)16-21-11-12-23(24(14-21)29-2)31-17-19-7-4-3-5-8-19/h3-14H,16-18H2,1-2H3. The Kier molecular flexibility index (Phi) is 7.50. The lowest BCUT2D eigenvalue weighted by molar-refractivity contribution is -0.132. The van der Waals surface area contributed by atoms with Gasteiger partial charge in [0.1, 0.15) is 12.4 Å². The number of hydrogen-bond donors (Lipinski definition) is 0. The first kappa shape index (κ1) is 21.7. The topological polar surface area (TPSA) is 71.8 Å². The van der Waals surface area contributed by atoms with Crippen LogP contribution in [-0.4, -0.2) is 31.6 Å². The highest BCUT2D eigenvalue weighted by molar-refractivity contribution is 5.77. The molecule has 0 saturated heterocycles.